The van der Waals surface area contributed by atoms with E-state index in [0.717, 1.165) is 22.3 Å². The van der Waals surface area contributed by atoms with Crippen LogP contribution in [0.25, 0.3) is 0 Å². The average Bonchev–Trinajstić information content (AvgIpc) is 3.02. The van der Waals surface area contributed by atoms with Crippen LogP contribution in [0.1, 0.15) is 28.2 Å². The van der Waals surface area contributed by atoms with E-state index in [2.05, 4.69) is 40.2 Å². The molecule has 3 aliphatic carbocycles. The van der Waals surface area contributed by atoms with Crippen molar-refractivity contribution in [3.63, 3.8) is 0 Å². The van der Waals surface area contributed by atoms with Crippen molar-refractivity contribution in [3.05, 3.63) is 99.0 Å². The Balaban J connectivity index is 1.63. The molecule has 0 saturated carbocycles. The van der Waals surface area contributed by atoms with Crippen molar-refractivity contribution in [2.45, 2.75) is 10.2 Å². The Kier molecular flexibility index (Phi) is 3.84. The molecule has 0 spiro atoms. The number of imide groups is 1. The third-order valence-corrected chi connectivity index (χ3v) is 8.57. The lowest BCUT2D eigenvalue weighted by atomic mass is 9.55. The fourth-order valence-corrected chi connectivity index (χ4v) is 7.14. The molecule has 1 saturated heterocycles. The highest BCUT2D eigenvalue weighted by atomic mass is 79.9. The van der Waals surface area contributed by atoms with Gasteiger partial charge in [-0.05, 0) is 40.5 Å². The van der Waals surface area contributed by atoms with E-state index in [-0.39, 0.29) is 17.7 Å². The number of carbonyl (C=O) groups is 2. The number of rotatable bonds is 1. The zero-order chi connectivity index (χ0) is 20.8. The minimum Gasteiger partial charge on any atom is -0.274 e. The first-order chi connectivity index (χ1) is 14.4. The summed E-state index contributed by atoms with van der Waals surface area (Å²) in [5, 5.41) is 0.749. The van der Waals surface area contributed by atoms with E-state index in [1.807, 2.05) is 24.3 Å². The van der Waals surface area contributed by atoms with Crippen LogP contribution in [0.15, 0.2) is 66.7 Å². The lowest BCUT2D eigenvalue weighted by Crippen LogP contribution is -2.50. The predicted octanol–water partition coefficient (Wildman–Crippen LogP) is 5.90. The minimum atomic E-state index is -0.772. The molecule has 6 heteroatoms. The summed E-state index contributed by atoms with van der Waals surface area (Å²) < 4.78 is -0.772. The highest BCUT2D eigenvalue weighted by molar-refractivity contribution is 9.09. The second-order valence-electron chi connectivity index (χ2n) is 7.98. The lowest BCUT2D eigenvalue weighted by Gasteiger charge is -2.51. The number of halogens is 3. The summed E-state index contributed by atoms with van der Waals surface area (Å²) in [6.07, 6.45) is 0. The Hall–Kier alpha value is -2.14. The average molecular weight is 499 g/mol. The van der Waals surface area contributed by atoms with Gasteiger partial charge >= 0.3 is 0 Å². The second kappa shape index (κ2) is 6.19. The van der Waals surface area contributed by atoms with E-state index in [1.165, 1.54) is 4.90 Å². The van der Waals surface area contributed by atoms with Gasteiger partial charge in [0.25, 0.3) is 0 Å². The number of anilines is 1. The van der Waals surface area contributed by atoms with Gasteiger partial charge in [-0.25, -0.2) is 4.90 Å². The number of carbonyl (C=O) groups excluding carboxylic acids is 2. The first kappa shape index (κ1) is 18.6. The van der Waals surface area contributed by atoms with Gasteiger partial charge in [0.1, 0.15) is 0 Å². The highest BCUT2D eigenvalue weighted by Crippen LogP contribution is 2.66. The van der Waals surface area contributed by atoms with Gasteiger partial charge in [0.05, 0.1) is 26.9 Å². The molecule has 1 aliphatic heterocycles. The molecular formula is C24H14BrCl2NO2. The largest absolute Gasteiger partial charge is 0.274 e. The van der Waals surface area contributed by atoms with Crippen molar-refractivity contribution in [3.8, 4) is 0 Å². The summed E-state index contributed by atoms with van der Waals surface area (Å²) in [6.45, 7) is 0. The van der Waals surface area contributed by atoms with Crippen LogP contribution >= 0.6 is 39.1 Å². The molecule has 2 amide bonds. The maximum Gasteiger partial charge on any atom is 0.239 e. The van der Waals surface area contributed by atoms with Crippen molar-refractivity contribution in [2.24, 2.45) is 11.8 Å². The molecule has 4 aliphatic rings. The van der Waals surface area contributed by atoms with Crippen LogP contribution in [0.4, 0.5) is 5.69 Å². The van der Waals surface area contributed by atoms with E-state index in [0.29, 0.717) is 15.7 Å². The van der Waals surface area contributed by atoms with Gasteiger partial charge in [0.2, 0.25) is 11.8 Å². The standard InChI is InChI=1S/C24H14BrCl2NO2/c25-24-15-7-3-1-5-13(15)19(14-6-2-4-8-16(14)24)20-21(24)23(30)28(22(20)29)18-11-12(26)9-10-17(18)27/h1-11,19-21H/t19?,20-,21-,24?/m1/s1. The van der Waals surface area contributed by atoms with Crippen molar-refractivity contribution < 1.29 is 9.59 Å². The van der Waals surface area contributed by atoms with E-state index in [9.17, 15) is 9.59 Å². The summed E-state index contributed by atoms with van der Waals surface area (Å²) in [6, 6.07) is 21.0. The Morgan fingerprint density at radius 1 is 0.833 bits per heavy atom. The molecule has 3 nitrogen and oxygen atoms in total. The van der Waals surface area contributed by atoms with Crippen molar-refractivity contribution in [2.75, 3.05) is 4.90 Å². The first-order valence-electron chi connectivity index (χ1n) is 9.65. The Bertz CT molecular complexity index is 1230. The molecule has 148 valence electrons. The fourth-order valence-electron chi connectivity index (χ4n) is 5.57. The summed E-state index contributed by atoms with van der Waals surface area (Å²) in [5.41, 5.74) is 4.63. The van der Waals surface area contributed by atoms with E-state index in [1.54, 1.807) is 18.2 Å². The zero-order valence-electron chi connectivity index (χ0n) is 15.5. The fraction of sp³-hybridized carbons (Fsp3) is 0.167. The van der Waals surface area contributed by atoms with E-state index in [4.69, 9.17) is 23.2 Å². The molecule has 0 N–H and O–H groups in total. The zero-order valence-corrected chi connectivity index (χ0v) is 18.6. The smallest absolute Gasteiger partial charge is 0.239 e. The Morgan fingerprint density at radius 3 is 2.07 bits per heavy atom. The first-order valence-corrected chi connectivity index (χ1v) is 11.2. The Labute approximate surface area is 191 Å². The van der Waals surface area contributed by atoms with Gasteiger partial charge in [-0.3, -0.25) is 9.59 Å². The molecule has 30 heavy (non-hydrogen) atoms. The Morgan fingerprint density at radius 2 is 1.43 bits per heavy atom. The number of hydrogen-bond acceptors (Lipinski definition) is 2. The maximum absolute atomic E-state index is 13.8. The molecule has 1 heterocycles. The number of hydrogen-bond donors (Lipinski definition) is 0. The number of benzene rings is 3. The number of alkyl halides is 1. The minimum absolute atomic E-state index is 0.179. The highest BCUT2D eigenvalue weighted by Gasteiger charge is 2.67. The SMILES string of the molecule is O=C1[C@@H]2C3c4ccccc4C(Br)(c4ccccc43)[C@H]2C(=O)N1c1cc(Cl)ccc1Cl. The van der Waals surface area contributed by atoms with E-state index >= 15 is 0 Å². The summed E-state index contributed by atoms with van der Waals surface area (Å²) >= 11 is 16.5. The van der Waals surface area contributed by atoms with Gasteiger partial charge in [0, 0.05) is 10.9 Å². The van der Waals surface area contributed by atoms with Crippen LogP contribution < -0.4 is 4.90 Å². The third-order valence-electron chi connectivity index (χ3n) is 6.66. The molecule has 0 unspecified atom stereocenters. The normalized spacial score (nSPS) is 28.4. The molecule has 0 aromatic heterocycles. The van der Waals surface area contributed by atoms with Crippen LogP contribution in [0, 0.1) is 11.8 Å². The van der Waals surface area contributed by atoms with Crippen LogP contribution in [-0.2, 0) is 13.9 Å². The van der Waals surface area contributed by atoms with Crippen molar-refractivity contribution in [1.82, 2.24) is 0 Å². The summed E-state index contributed by atoms with van der Waals surface area (Å²) in [7, 11) is 0. The van der Waals surface area contributed by atoms with Gasteiger partial charge in [-0.15, -0.1) is 0 Å². The predicted molar refractivity (Wildman–Crippen MR) is 120 cm³/mol. The molecular weight excluding hydrogens is 485 g/mol. The van der Waals surface area contributed by atoms with Crippen molar-refractivity contribution >= 4 is 56.6 Å². The molecule has 7 rings (SSSR count). The van der Waals surface area contributed by atoms with Crippen LogP contribution in [0.3, 0.4) is 0 Å². The van der Waals surface area contributed by atoms with Crippen LogP contribution in [0.2, 0.25) is 10.0 Å². The molecule has 1 fully saturated rings. The van der Waals surface area contributed by atoms with Crippen molar-refractivity contribution in [1.29, 1.82) is 0 Å². The van der Waals surface area contributed by atoms with Crippen LogP contribution in [-0.4, -0.2) is 11.8 Å². The lowest BCUT2D eigenvalue weighted by molar-refractivity contribution is -0.122. The molecule has 2 atom stereocenters. The topological polar surface area (TPSA) is 37.4 Å². The monoisotopic (exact) mass is 497 g/mol. The maximum atomic E-state index is 13.8. The van der Waals surface area contributed by atoms with Gasteiger partial charge < -0.3 is 0 Å². The van der Waals surface area contributed by atoms with E-state index < -0.39 is 16.2 Å². The third kappa shape index (κ3) is 2.12. The number of nitrogens with zero attached hydrogens (tertiary/aromatic N) is 1. The number of amides is 2. The molecule has 0 radical (unpaired) electrons. The summed E-state index contributed by atoms with van der Waals surface area (Å²) in [5.74, 6) is -1.72. The van der Waals surface area contributed by atoms with Gasteiger partial charge in [0.15, 0.2) is 0 Å². The second-order valence-corrected chi connectivity index (χ2v) is 10.1. The van der Waals surface area contributed by atoms with Gasteiger partial charge in [-0.2, -0.15) is 0 Å². The van der Waals surface area contributed by atoms with Crippen LogP contribution in [0.5, 0.6) is 0 Å². The quantitative estimate of drug-likeness (QED) is 0.309. The van der Waals surface area contributed by atoms with Gasteiger partial charge in [-0.1, -0.05) is 87.7 Å². The molecule has 3 aromatic carbocycles. The molecule has 3 aromatic rings. The summed E-state index contributed by atoms with van der Waals surface area (Å²) in [4.78, 5) is 28.8. The molecule has 2 bridgehead atoms.